The maximum Gasteiger partial charge on any atom is 0.410 e. The van der Waals surface area contributed by atoms with Gasteiger partial charge in [0.1, 0.15) is 6.61 Å². The van der Waals surface area contributed by atoms with Crippen LogP contribution >= 0.6 is 23.1 Å². The molecule has 29 heavy (non-hydrogen) atoms. The lowest BCUT2D eigenvalue weighted by Crippen LogP contribution is -2.41. The molecule has 1 saturated heterocycles. The number of amides is 1. The number of carboxylic acid groups (broad SMARTS) is 1. The first kappa shape index (κ1) is 20.7. The van der Waals surface area contributed by atoms with Crippen molar-refractivity contribution in [2.45, 2.75) is 55.0 Å². The normalized spacial score (nSPS) is 24.5. The van der Waals surface area contributed by atoms with Gasteiger partial charge in [0.25, 0.3) is 0 Å². The highest BCUT2D eigenvalue weighted by Crippen LogP contribution is 2.53. The second kappa shape index (κ2) is 8.65. The van der Waals surface area contributed by atoms with Crippen LogP contribution in [0, 0.1) is 11.3 Å². The van der Waals surface area contributed by atoms with Gasteiger partial charge < -0.3 is 14.9 Å². The lowest BCUT2D eigenvalue weighted by Gasteiger charge is -2.45. The van der Waals surface area contributed by atoms with E-state index in [0.717, 1.165) is 25.2 Å². The number of thiazole rings is 1. The average Bonchev–Trinajstić information content (AvgIpc) is 3.23. The maximum atomic E-state index is 12.1. The van der Waals surface area contributed by atoms with Crippen LogP contribution in [0.15, 0.2) is 21.9 Å². The Morgan fingerprint density at radius 1 is 1.48 bits per heavy atom. The summed E-state index contributed by atoms with van der Waals surface area (Å²) in [4.78, 5) is 28.7. The lowest BCUT2D eigenvalue weighted by atomic mass is 9.62. The molecule has 0 bridgehead atoms. The minimum atomic E-state index is -1.04. The Morgan fingerprint density at radius 3 is 2.90 bits per heavy atom. The summed E-state index contributed by atoms with van der Waals surface area (Å²) >= 11 is 2.71. The van der Waals surface area contributed by atoms with Crippen LogP contribution in [0.25, 0.3) is 0 Å². The number of aromatic carboxylic acids is 1. The summed E-state index contributed by atoms with van der Waals surface area (Å²) in [5.41, 5.74) is 0.0816. The molecule has 3 aliphatic rings. The minimum Gasteiger partial charge on any atom is -0.476 e. The van der Waals surface area contributed by atoms with Crippen molar-refractivity contribution in [3.8, 4) is 0 Å². The second-order valence-corrected chi connectivity index (χ2v) is 10.4. The highest BCUT2D eigenvalue weighted by atomic mass is 32.2. The lowest BCUT2D eigenvalue weighted by molar-refractivity contribution is -0.0170. The largest absolute Gasteiger partial charge is 0.476 e. The van der Waals surface area contributed by atoms with E-state index in [0.29, 0.717) is 23.2 Å². The van der Waals surface area contributed by atoms with E-state index >= 15 is 0 Å². The van der Waals surface area contributed by atoms with Gasteiger partial charge in [0.2, 0.25) is 0 Å². The molecular formula is C20H26N2O5S2. The van der Waals surface area contributed by atoms with Crippen molar-refractivity contribution in [2.24, 2.45) is 11.3 Å². The van der Waals surface area contributed by atoms with Crippen LogP contribution in [-0.4, -0.2) is 63.2 Å². The van der Waals surface area contributed by atoms with Crippen molar-refractivity contribution in [1.29, 1.82) is 0 Å². The quantitative estimate of drug-likeness (QED) is 0.425. The van der Waals surface area contributed by atoms with Crippen molar-refractivity contribution in [1.82, 2.24) is 9.88 Å². The highest BCUT2D eigenvalue weighted by Gasteiger charge is 2.45. The van der Waals surface area contributed by atoms with E-state index in [1.54, 1.807) is 4.90 Å². The van der Waals surface area contributed by atoms with Crippen LogP contribution in [0.3, 0.4) is 0 Å². The van der Waals surface area contributed by atoms with Gasteiger partial charge in [-0.15, -0.1) is 11.3 Å². The molecule has 0 radical (unpaired) electrons. The fourth-order valence-electron chi connectivity index (χ4n) is 4.12. The summed E-state index contributed by atoms with van der Waals surface area (Å²) in [7, 11) is 0. The molecule has 0 spiro atoms. The molecule has 1 aromatic heterocycles. The number of thioether (sulfide) groups is 1. The van der Waals surface area contributed by atoms with Gasteiger partial charge in [-0.1, -0.05) is 43.2 Å². The fraction of sp³-hybridized carbons (Fsp3) is 0.650. The van der Waals surface area contributed by atoms with Crippen LogP contribution < -0.4 is 0 Å². The van der Waals surface area contributed by atoms with Gasteiger partial charge in [-0.25, -0.2) is 14.6 Å². The number of aromatic nitrogens is 1. The molecule has 1 aliphatic heterocycles. The van der Waals surface area contributed by atoms with Crippen LogP contribution in [0.5, 0.6) is 0 Å². The Kier molecular flexibility index (Phi) is 6.17. The van der Waals surface area contributed by atoms with Gasteiger partial charge in [0.05, 0.1) is 12.1 Å². The van der Waals surface area contributed by atoms with E-state index in [9.17, 15) is 14.7 Å². The average molecular weight is 439 g/mol. The van der Waals surface area contributed by atoms with Crippen LogP contribution in [0.4, 0.5) is 4.79 Å². The number of aliphatic hydroxyl groups is 1. The fourth-order valence-corrected chi connectivity index (χ4v) is 5.93. The molecule has 0 unspecified atom stereocenters. The minimum absolute atomic E-state index is 0.0362. The van der Waals surface area contributed by atoms with E-state index in [1.807, 2.05) is 12.2 Å². The standard InChI is InChI=1S/C20H26N2O5S2/c23-16(20(6-1-7-20)10-13-2-3-13)5-4-14-11-27-19(26)22(14)8-9-28-18-21-15(12-29-18)17(24)25/h4-5,12-14,16,23H,1-3,6-11H2,(H,24,25)/t14-,16+/m0/s1. The van der Waals surface area contributed by atoms with E-state index in [-0.39, 0.29) is 23.2 Å². The molecular weight excluding hydrogens is 412 g/mol. The summed E-state index contributed by atoms with van der Waals surface area (Å²) in [5.74, 6) is 0.349. The van der Waals surface area contributed by atoms with E-state index in [2.05, 4.69) is 4.98 Å². The number of ether oxygens (including phenoxy) is 1. The Bertz CT molecular complexity index is 788. The van der Waals surface area contributed by atoms with Gasteiger partial charge in [-0.2, -0.15) is 0 Å². The number of carboxylic acids is 1. The summed E-state index contributed by atoms with van der Waals surface area (Å²) in [6, 6.07) is -0.179. The van der Waals surface area contributed by atoms with Gasteiger partial charge in [0.15, 0.2) is 10.0 Å². The zero-order valence-corrected chi connectivity index (χ0v) is 17.8. The third-order valence-electron chi connectivity index (χ3n) is 6.16. The SMILES string of the molecule is O=C(O)c1csc(SCCN2C(=O)OC[C@@H]2C=C[C@@H](O)C2(CC3CC3)CCC2)n1. The van der Waals surface area contributed by atoms with Crippen molar-refractivity contribution in [2.75, 3.05) is 18.9 Å². The molecule has 2 aliphatic carbocycles. The maximum absolute atomic E-state index is 12.1. The van der Waals surface area contributed by atoms with Gasteiger partial charge in [0, 0.05) is 23.1 Å². The number of carbonyl (C=O) groups excluding carboxylic acids is 1. The van der Waals surface area contributed by atoms with Gasteiger partial charge >= 0.3 is 12.1 Å². The predicted octanol–water partition coefficient (Wildman–Crippen LogP) is 3.64. The van der Waals surface area contributed by atoms with Crippen molar-refractivity contribution in [3.05, 3.63) is 23.2 Å². The topological polar surface area (TPSA) is 100.0 Å². The highest BCUT2D eigenvalue weighted by molar-refractivity contribution is 8.01. The zero-order chi connectivity index (χ0) is 20.4. The molecule has 4 rings (SSSR count). The number of nitrogens with zero attached hydrogens (tertiary/aromatic N) is 2. The van der Waals surface area contributed by atoms with Crippen LogP contribution in [0.1, 0.15) is 49.0 Å². The smallest absolute Gasteiger partial charge is 0.410 e. The molecule has 1 aromatic rings. The third kappa shape index (κ3) is 4.78. The van der Waals surface area contributed by atoms with Crippen molar-refractivity contribution in [3.63, 3.8) is 0 Å². The van der Waals surface area contributed by atoms with E-state index in [1.165, 1.54) is 47.7 Å². The first-order valence-electron chi connectivity index (χ1n) is 10.1. The molecule has 9 heteroatoms. The number of hydrogen-bond donors (Lipinski definition) is 2. The molecule has 2 N–H and O–H groups in total. The molecule has 2 atom stereocenters. The summed E-state index contributed by atoms with van der Waals surface area (Å²) in [6.45, 7) is 0.770. The Hall–Kier alpha value is -1.58. The number of rotatable bonds is 10. The Balaban J connectivity index is 1.30. The number of hydrogen-bond acceptors (Lipinski definition) is 7. The summed E-state index contributed by atoms with van der Waals surface area (Å²) in [5, 5.41) is 21.2. The van der Waals surface area contributed by atoms with E-state index < -0.39 is 12.1 Å². The molecule has 2 heterocycles. The van der Waals surface area contributed by atoms with Crippen LogP contribution in [-0.2, 0) is 4.74 Å². The Labute approximate surface area is 178 Å². The first-order chi connectivity index (χ1) is 14.0. The van der Waals surface area contributed by atoms with Crippen molar-refractivity contribution >= 4 is 35.2 Å². The van der Waals surface area contributed by atoms with Crippen molar-refractivity contribution < 1.29 is 24.5 Å². The van der Waals surface area contributed by atoms with Gasteiger partial charge in [-0.05, 0) is 25.2 Å². The molecule has 7 nitrogen and oxygen atoms in total. The first-order valence-corrected chi connectivity index (χ1v) is 11.9. The summed E-state index contributed by atoms with van der Waals surface area (Å²) < 4.78 is 5.87. The molecule has 1 amide bonds. The van der Waals surface area contributed by atoms with Crippen LogP contribution in [0.2, 0.25) is 0 Å². The molecule has 2 saturated carbocycles. The second-order valence-electron chi connectivity index (χ2n) is 8.18. The number of aliphatic hydroxyl groups excluding tert-OH is 1. The molecule has 158 valence electrons. The monoisotopic (exact) mass is 438 g/mol. The predicted molar refractivity (Wildman–Crippen MR) is 110 cm³/mol. The molecule has 0 aromatic carbocycles. The molecule has 3 fully saturated rings. The zero-order valence-electron chi connectivity index (χ0n) is 16.2. The number of cyclic esters (lactones) is 1. The Morgan fingerprint density at radius 2 is 2.28 bits per heavy atom. The third-order valence-corrected chi connectivity index (χ3v) is 8.16. The van der Waals surface area contributed by atoms with Gasteiger partial charge in [-0.3, -0.25) is 4.90 Å². The van der Waals surface area contributed by atoms with E-state index in [4.69, 9.17) is 9.84 Å². The number of carbonyl (C=O) groups is 2. The summed E-state index contributed by atoms with van der Waals surface area (Å²) in [6.07, 6.45) is 10.0.